The van der Waals surface area contributed by atoms with Crippen molar-refractivity contribution in [3.8, 4) is 0 Å². The number of aromatic nitrogens is 1. The quantitative estimate of drug-likeness (QED) is 0.694. The Bertz CT molecular complexity index is 335. The molecule has 66 valence electrons. The SMILES string of the molecule is Cn1cc(CCC(=O)O)oc1=O. The average Bonchev–Trinajstić information content (AvgIpc) is 2.28. The highest BCUT2D eigenvalue weighted by molar-refractivity contribution is 5.66. The van der Waals surface area contributed by atoms with E-state index in [4.69, 9.17) is 9.52 Å². The van der Waals surface area contributed by atoms with Crippen LogP contribution in [0.5, 0.6) is 0 Å². The van der Waals surface area contributed by atoms with Gasteiger partial charge >= 0.3 is 11.7 Å². The third-order valence-corrected chi connectivity index (χ3v) is 1.43. The fraction of sp³-hybridized carbons (Fsp3) is 0.429. The molecule has 0 atom stereocenters. The summed E-state index contributed by atoms with van der Waals surface area (Å²) in [5, 5.41) is 8.32. The van der Waals surface area contributed by atoms with Crippen molar-refractivity contribution in [1.29, 1.82) is 0 Å². The van der Waals surface area contributed by atoms with E-state index in [9.17, 15) is 9.59 Å². The number of hydrogen-bond acceptors (Lipinski definition) is 3. The number of rotatable bonds is 3. The molecule has 0 aliphatic heterocycles. The summed E-state index contributed by atoms with van der Waals surface area (Å²) in [4.78, 5) is 20.9. The Labute approximate surface area is 68.2 Å². The zero-order valence-corrected chi connectivity index (χ0v) is 6.61. The van der Waals surface area contributed by atoms with E-state index in [1.165, 1.54) is 10.8 Å². The highest BCUT2D eigenvalue weighted by atomic mass is 16.4. The summed E-state index contributed by atoms with van der Waals surface area (Å²) < 4.78 is 5.98. The van der Waals surface area contributed by atoms with Crippen LogP contribution in [0.1, 0.15) is 12.2 Å². The topological polar surface area (TPSA) is 72.4 Å². The molecular formula is C7H9NO4. The van der Waals surface area contributed by atoms with Crippen molar-refractivity contribution in [2.45, 2.75) is 12.8 Å². The van der Waals surface area contributed by atoms with Gasteiger partial charge in [0.05, 0.1) is 6.42 Å². The van der Waals surface area contributed by atoms with Gasteiger partial charge in [0, 0.05) is 19.7 Å². The van der Waals surface area contributed by atoms with Crippen molar-refractivity contribution in [1.82, 2.24) is 4.57 Å². The summed E-state index contributed by atoms with van der Waals surface area (Å²) in [6.07, 6.45) is 1.73. The number of oxazole rings is 1. The van der Waals surface area contributed by atoms with E-state index >= 15 is 0 Å². The van der Waals surface area contributed by atoms with Crippen LogP contribution >= 0.6 is 0 Å². The lowest BCUT2D eigenvalue weighted by molar-refractivity contribution is -0.137. The van der Waals surface area contributed by atoms with Gasteiger partial charge in [-0.25, -0.2) is 4.79 Å². The number of carboxylic acids is 1. The smallest absolute Gasteiger partial charge is 0.418 e. The summed E-state index contributed by atoms with van der Waals surface area (Å²) in [6.45, 7) is 0. The molecule has 1 rings (SSSR count). The largest absolute Gasteiger partial charge is 0.481 e. The Hall–Kier alpha value is -1.52. The van der Waals surface area contributed by atoms with Crippen LogP contribution in [0.4, 0.5) is 0 Å². The molecule has 1 aromatic heterocycles. The standard InChI is InChI=1S/C7H9NO4/c1-8-4-5(12-7(8)11)2-3-6(9)10/h4H,2-3H2,1H3,(H,9,10). The zero-order valence-electron chi connectivity index (χ0n) is 6.61. The van der Waals surface area contributed by atoms with Crippen LogP contribution in [-0.2, 0) is 18.3 Å². The molecule has 0 aromatic carbocycles. The van der Waals surface area contributed by atoms with E-state index < -0.39 is 11.7 Å². The number of nitrogens with zero attached hydrogens (tertiary/aromatic N) is 1. The van der Waals surface area contributed by atoms with E-state index in [1.807, 2.05) is 0 Å². The molecule has 5 heteroatoms. The molecule has 0 spiro atoms. The van der Waals surface area contributed by atoms with Crippen molar-refractivity contribution in [2.24, 2.45) is 7.05 Å². The van der Waals surface area contributed by atoms with Gasteiger partial charge in [-0.3, -0.25) is 9.36 Å². The lowest BCUT2D eigenvalue weighted by atomic mass is 10.3. The van der Waals surface area contributed by atoms with E-state index in [0.717, 1.165) is 0 Å². The van der Waals surface area contributed by atoms with Gasteiger partial charge in [-0.15, -0.1) is 0 Å². The van der Waals surface area contributed by atoms with E-state index in [0.29, 0.717) is 5.76 Å². The van der Waals surface area contributed by atoms with Gasteiger partial charge in [-0.1, -0.05) is 0 Å². The maximum absolute atomic E-state index is 10.7. The molecule has 0 radical (unpaired) electrons. The first-order chi connectivity index (χ1) is 5.59. The second-order valence-electron chi connectivity index (χ2n) is 2.47. The minimum atomic E-state index is -0.901. The number of carbonyl (C=O) groups is 1. The first kappa shape index (κ1) is 8.58. The number of aryl methyl sites for hydroxylation is 2. The second-order valence-corrected chi connectivity index (χ2v) is 2.47. The van der Waals surface area contributed by atoms with Crippen molar-refractivity contribution >= 4 is 5.97 Å². The van der Waals surface area contributed by atoms with Crippen LogP contribution in [0.25, 0.3) is 0 Å². The Morgan fingerprint density at radius 1 is 1.75 bits per heavy atom. The molecule has 12 heavy (non-hydrogen) atoms. The minimum absolute atomic E-state index is 0.0209. The zero-order chi connectivity index (χ0) is 9.14. The number of aliphatic carboxylic acids is 1. The summed E-state index contributed by atoms with van der Waals surface area (Å²) >= 11 is 0. The van der Waals surface area contributed by atoms with Crippen LogP contribution in [-0.4, -0.2) is 15.6 Å². The van der Waals surface area contributed by atoms with Gasteiger partial charge in [0.1, 0.15) is 5.76 Å². The van der Waals surface area contributed by atoms with Crippen molar-refractivity contribution in [2.75, 3.05) is 0 Å². The second kappa shape index (κ2) is 3.25. The molecule has 1 N–H and O–H groups in total. The van der Waals surface area contributed by atoms with E-state index in [1.54, 1.807) is 7.05 Å². The van der Waals surface area contributed by atoms with Gasteiger partial charge in [-0.2, -0.15) is 0 Å². The first-order valence-electron chi connectivity index (χ1n) is 3.46. The van der Waals surface area contributed by atoms with Gasteiger partial charge in [0.2, 0.25) is 0 Å². The Balaban J connectivity index is 2.65. The molecule has 5 nitrogen and oxygen atoms in total. The lowest BCUT2D eigenvalue weighted by Crippen LogP contribution is -2.07. The van der Waals surface area contributed by atoms with Gasteiger partial charge < -0.3 is 9.52 Å². The molecule has 0 bridgehead atoms. The van der Waals surface area contributed by atoms with Crippen LogP contribution in [0, 0.1) is 0 Å². The summed E-state index contributed by atoms with van der Waals surface area (Å²) in [6, 6.07) is 0. The van der Waals surface area contributed by atoms with Crippen molar-refractivity contribution in [3.05, 3.63) is 22.5 Å². The third-order valence-electron chi connectivity index (χ3n) is 1.43. The third kappa shape index (κ3) is 1.98. The predicted molar refractivity (Wildman–Crippen MR) is 39.9 cm³/mol. The molecular weight excluding hydrogens is 162 g/mol. The molecule has 0 saturated heterocycles. The molecule has 0 unspecified atom stereocenters. The maximum atomic E-state index is 10.7. The van der Waals surface area contributed by atoms with Crippen LogP contribution in [0.3, 0.4) is 0 Å². The predicted octanol–water partition coefficient (Wildman–Crippen LogP) is -0.00450. The Morgan fingerprint density at radius 2 is 2.42 bits per heavy atom. The van der Waals surface area contributed by atoms with Crippen molar-refractivity contribution in [3.63, 3.8) is 0 Å². The van der Waals surface area contributed by atoms with Gasteiger partial charge in [0.15, 0.2) is 0 Å². The molecule has 1 heterocycles. The number of hydrogen-bond donors (Lipinski definition) is 1. The van der Waals surface area contributed by atoms with E-state index in [-0.39, 0.29) is 12.8 Å². The number of carboxylic acid groups (broad SMARTS) is 1. The molecule has 0 fully saturated rings. The van der Waals surface area contributed by atoms with Crippen molar-refractivity contribution < 1.29 is 14.3 Å². The fourth-order valence-corrected chi connectivity index (χ4v) is 0.825. The molecule has 0 saturated carbocycles. The average molecular weight is 171 g/mol. The van der Waals surface area contributed by atoms with Gasteiger partial charge in [-0.05, 0) is 0 Å². The Morgan fingerprint density at radius 3 is 2.83 bits per heavy atom. The van der Waals surface area contributed by atoms with Crippen LogP contribution in [0.2, 0.25) is 0 Å². The van der Waals surface area contributed by atoms with Crippen LogP contribution < -0.4 is 5.76 Å². The normalized spacial score (nSPS) is 10.1. The fourth-order valence-electron chi connectivity index (χ4n) is 0.825. The summed E-state index contributed by atoms with van der Waals surface area (Å²) in [5.74, 6) is -0.957. The maximum Gasteiger partial charge on any atom is 0.418 e. The molecule has 0 aliphatic rings. The van der Waals surface area contributed by atoms with E-state index in [2.05, 4.69) is 0 Å². The molecule has 0 aliphatic carbocycles. The molecule has 0 amide bonds. The highest BCUT2D eigenvalue weighted by Crippen LogP contribution is 1.99. The van der Waals surface area contributed by atoms with Crippen LogP contribution in [0.15, 0.2) is 15.4 Å². The lowest BCUT2D eigenvalue weighted by Gasteiger charge is -1.88. The van der Waals surface area contributed by atoms with Gasteiger partial charge in [0.25, 0.3) is 0 Å². The highest BCUT2D eigenvalue weighted by Gasteiger charge is 2.04. The molecule has 1 aromatic rings. The summed E-state index contributed by atoms with van der Waals surface area (Å²) in [5.41, 5.74) is 0. The summed E-state index contributed by atoms with van der Waals surface area (Å²) in [7, 11) is 1.55. The Kier molecular flexibility index (Phi) is 2.32. The monoisotopic (exact) mass is 171 g/mol. The minimum Gasteiger partial charge on any atom is -0.481 e. The first-order valence-corrected chi connectivity index (χ1v) is 3.46.